The zero-order valence-electron chi connectivity index (χ0n) is 13.2. The summed E-state index contributed by atoms with van der Waals surface area (Å²) in [6, 6.07) is 9.81. The van der Waals surface area contributed by atoms with Crippen LogP contribution in [0, 0.1) is 0 Å². The Bertz CT molecular complexity index is 813. The molecule has 1 aliphatic rings. The summed E-state index contributed by atoms with van der Waals surface area (Å²) < 4.78 is 5.85. The zero-order valence-corrected chi connectivity index (χ0v) is 13.2. The number of carbonyl (C=O) groups excluding carboxylic acids is 1. The van der Waals surface area contributed by atoms with Gasteiger partial charge in [-0.2, -0.15) is 0 Å². The van der Waals surface area contributed by atoms with Crippen molar-refractivity contribution in [2.24, 2.45) is 0 Å². The number of fused-ring (bicyclic) bond motifs is 1. The van der Waals surface area contributed by atoms with Crippen LogP contribution in [-0.4, -0.2) is 45.0 Å². The van der Waals surface area contributed by atoms with Gasteiger partial charge in [-0.1, -0.05) is 18.2 Å². The monoisotopic (exact) mass is 322 g/mol. The summed E-state index contributed by atoms with van der Waals surface area (Å²) in [4.78, 5) is 26.0. The van der Waals surface area contributed by atoms with Crippen molar-refractivity contribution >= 4 is 16.8 Å². The van der Waals surface area contributed by atoms with Gasteiger partial charge in [-0.05, 0) is 25.0 Å². The lowest BCUT2D eigenvalue weighted by atomic mass is 10.1. The molecule has 1 atom stereocenters. The summed E-state index contributed by atoms with van der Waals surface area (Å²) in [7, 11) is 0. The number of aromatic nitrogens is 3. The molecule has 0 saturated carbocycles. The van der Waals surface area contributed by atoms with Crippen LogP contribution in [0.3, 0.4) is 0 Å². The van der Waals surface area contributed by atoms with Crippen molar-refractivity contribution in [1.82, 2.24) is 19.9 Å². The van der Waals surface area contributed by atoms with Gasteiger partial charge < -0.3 is 14.6 Å². The second kappa shape index (κ2) is 6.31. The Morgan fingerprint density at radius 2 is 2.21 bits per heavy atom. The molecule has 24 heavy (non-hydrogen) atoms. The lowest BCUT2D eigenvalue weighted by Gasteiger charge is -2.32. The number of H-pyrrole nitrogens is 1. The lowest BCUT2D eigenvalue weighted by Crippen LogP contribution is -2.44. The molecular formula is C18H18N4O2. The number of hydrogen-bond donors (Lipinski definition) is 1. The minimum atomic E-state index is -0.0521. The average molecular weight is 322 g/mol. The first-order chi connectivity index (χ1) is 11.8. The fraction of sp³-hybridized carbons (Fsp3) is 0.278. The number of nitrogens with zero attached hydrogens (tertiary/aromatic N) is 3. The summed E-state index contributed by atoms with van der Waals surface area (Å²) in [5, 5.41) is 1.05. The predicted octanol–water partition coefficient (Wildman–Crippen LogP) is 2.64. The molecule has 2 aromatic heterocycles. The van der Waals surface area contributed by atoms with Gasteiger partial charge in [0.15, 0.2) is 0 Å². The number of piperidine rings is 1. The van der Waals surface area contributed by atoms with E-state index in [0.29, 0.717) is 18.1 Å². The van der Waals surface area contributed by atoms with E-state index in [4.69, 9.17) is 4.74 Å². The van der Waals surface area contributed by atoms with E-state index in [9.17, 15) is 4.79 Å². The molecule has 0 bridgehead atoms. The molecular weight excluding hydrogens is 304 g/mol. The standard InChI is InChI=1S/C18H18N4O2/c23-18(16-10-13-4-1-2-6-15(13)21-16)22-9-3-5-14(12-22)24-17-11-19-7-8-20-17/h1-2,4,6-8,10-11,14,21H,3,5,9,12H2/t14-/m1/s1. The number of likely N-dealkylation sites (tertiary alicyclic amines) is 1. The summed E-state index contributed by atoms with van der Waals surface area (Å²) in [5.74, 6) is 0.515. The molecule has 122 valence electrons. The Morgan fingerprint density at radius 1 is 1.29 bits per heavy atom. The highest BCUT2D eigenvalue weighted by Gasteiger charge is 2.26. The van der Waals surface area contributed by atoms with Gasteiger partial charge >= 0.3 is 0 Å². The molecule has 1 saturated heterocycles. The third-order valence-corrected chi connectivity index (χ3v) is 4.25. The number of carbonyl (C=O) groups is 1. The van der Waals surface area contributed by atoms with E-state index in [2.05, 4.69) is 15.0 Å². The van der Waals surface area contributed by atoms with Gasteiger partial charge in [-0.25, -0.2) is 4.98 Å². The highest BCUT2D eigenvalue weighted by atomic mass is 16.5. The molecule has 3 aromatic rings. The maximum Gasteiger partial charge on any atom is 0.270 e. The average Bonchev–Trinajstić information content (AvgIpc) is 3.06. The number of nitrogens with one attached hydrogen (secondary N) is 1. The van der Waals surface area contributed by atoms with E-state index in [1.165, 1.54) is 0 Å². The molecule has 0 spiro atoms. The predicted molar refractivity (Wildman–Crippen MR) is 89.9 cm³/mol. The first-order valence-corrected chi connectivity index (χ1v) is 8.09. The highest BCUT2D eigenvalue weighted by molar-refractivity contribution is 5.98. The first kappa shape index (κ1) is 14.7. The van der Waals surface area contributed by atoms with Crippen LogP contribution >= 0.6 is 0 Å². The normalized spacial score (nSPS) is 17.8. The molecule has 3 heterocycles. The number of amides is 1. The fourth-order valence-corrected chi connectivity index (χ4v) is 3.09. The second-order valence-electron chi connectivity index (χ2n) is 5.95. The van der Waals surface area contributed by atoms with E-state index < -0.39 is 0 Å². The van der Waals surface area contributed by atoms with Gasteiger partial charge in [-0.3, -0.25) is 9.78 Å². The van der Waals surface area contributed by atoms with Gasteiger partial charge in [0.05, 0.1) is 12.7 Å². The van der Waals surface area contributed by atoms with Gasteiger partial charge in [-0.15, -0.1) is 0 Å². The van der Waals surface area contributed by atoms with E-state index in [1.54, 1.807) is 18.6 Å². The summed E-state index contributed by atoms with van der Waals surface area (Å²) in [6.45, 7) is 1.30. The van der Waals surface area contributed by atoms with Crippen molar-refractivity contribution in [3.05, 3.63) is 54.6 Å². The molecule has 0 aliphatic carbocycles. The molecule has 4 rings (SSSR count). The number of benzene rings is 1. The molecule has 1 aromatic carbocycles. The molecule has 0 unspecified atom stereocenters. The summed E-state index contributed by atoms with van der Waals surface area (Å²) in [5.41, 5.74) is 1.60. The van der Waals surface area contributed by atoms with Gasteiger partial charge in [0.1, 0.15) is 11.8 Å². The lowest BCUT2D eigenvalue weighted by molar-refractivity contribution is 0.0522. The fourth-order valence-electron chi connectivity index (χ4n) is 3.09. The third kappa shape index (κ3) is 2.95. The highest BCUT2D eigenvalue weighted by Crippen LogP contribution is 2.20. The van der Waals surface area contributed by atoms with Gasteiger partial charge in [0, 0.05) is 29.8 Å². The number of para-hydroxylation sites is 1. The largest absolute Gasteiger partial charge is 0.471 e. The van der Waals surface area contributed by atoms with Crippen LogP contribution in [0.25, 0.3) is 10.9 Å². The van der Waals surface area contributed by atoms with Crippen LogP contribution in [-0.2, 0) is 0 Å². The molecule has 6 heteroatoms. The Hall–Kier alpha value is -2.89. The minimum Gasteiger partial charge on any atom is -0.471 e. The van der Waals surface area contributed by atoms with Gasteiger partial charge in [0.25, 0.3) is 5.91 Å². The van der Waals surface area contributed by atoms with Crippen molar-refractivity contribution < 1.29 is 9.53 Å². The topological polar surface area (TPSA) is 71.1 Å². The van der Waals surface area contributed by atoms with Crippen LogP contribution in [0.2, 0.25) is 0 Å². The maximum atomic E-state index is 12.8. The third-order valence-electron chi connectivity index (χ3n) is 4.25. The molecule has 1 aliphatic heterocycles. The van der Waals surface area contributed by atoms with Crippen molar-refractivity contribution in [3.8, 4) is 5.88 Å². The van der Waals surface area contributed by atoms with Crippen molar-refractivity contribution in [2.75, 3.05) is 13.1 Å². The number of rotatable bonds is 3. The Kier molecular flexibility index (Phi) is 3.86. The quantitative estimate of drug-likeness (QED) is 0.805. The minimum absolute atomic E-state index is 0.0126. The van der Waals surface area contributed by atoms with Gasteiger partial charge in [0.2, 0.25) is 5.88 Å². The summed E-state index contributed by atoms with van der Waals surface area (Å²) >= 11 is 0. The molecule has 1 N–H and O–H groups in total. The molecule has 1 fully saturated rings. The van der Waals surface area contributed by atoms with E-state index in [-0.39, 0.29) is 12.0 Å². The van der Waals surface area contributed by atoms with Crippen LogP contribution in [0.5, 0.6) is 5.88 Å². The molecule has 6 nitrogen and oxygen atoms in total. The van der Waals surface area contributed by atoms with E-state index >= 15 is 0 Å². The SMILES string of the molecule is O=C(c1cc2ccccc2[nH]1)N1CCC[C@@H](Oc2cnccn2)C1. The number of ether oxygens (including phenoxy) is 1. The van der Waals surface area contributed by atoms with Crippen LogP contribution in [0.1, 0.15) is 23.3 Å². The van der Waals surface area contributed by atoms with Crippen LogP contribution in [0.4, 0.5) is 0 Å². The Labute approximate surface area is 139 Å². The van der Waals surface area contributed by atoms with E-state index in [1.807, 2.05) is 35.2 Å². The maximum absolute atomic E-state index is 12.8. The molecule has 0 radical (unpaired) electrons. The summed E-state index contributed by atoms with van der Waals surface area (Å²) in [6.07, 6.45) is 6.58. The number of hydrogen-bond acceptors (Lipinski definition) is 4. The van der Waals surface area contributed by atoms with Crippen molar-refractivity contribution in [3.63, 3.8) is 0 Å². The Balaban J connectivity index is 1.48. The molecule has 1 amide bonds. The van der Waals surface area contributed by atoms with Crippen molar-refractivity contribution in [2.45, 2.75) is 18.9 Å². The number of aromatic amines is 1. The first-order valence-electron chi connectivity index (χ1n) is 8.09. The smallest absolute Gasteiger partial charge is 0.270 e. The van der Waals surface area contributed by atoms with Crippen LogP contribution < -0.4 is 4.74 Å². The van der Waals surface area contributed by atoms with Crippen LogP contribution in [0.15, 0.2) is 48.9 Å². The van der Waals surface area contributed by atoms with E-state index in [0.717, 1.165) is 30.3 Å². The Morgan fingerprint density at radius 3 is 3.04 bits per heavy atom. The second-order valence-corrected chi connectivity index (χ2v) is 5.95. The van der Waals surface area contributed by atoms with Crippen molar-refractivity contribution in [1.29, 1.82) is 0 Å². The zero-order chi connectivity index (χ0) is 16.4.